The van der Waals surface area contributed by atoms with Crippen molar-refractivity contribution in [1.82, 2.24) is 0 Å². The maximum atomic E-state index is 12.1. The Hall–Kier alpha value is -3.88. The summed E-state index contributed by atoms with van der Waals surface area (Å²) in [6.07, 6.45) is 0. The predicted octanol–water partition coefficient (Wildman–Crippen LogP) is 4.50. The zero-order valence-electron chi connectivity index (χ0n) is 19.0. The molecule has 0 bridgehead atoms. The minimum atomic E-state index is -5.21. The van der Waals surface area contributed by atoms with E-state index < -0.39 is 17.8 Å². The van der Waals surface area contributed by atoms with Crippen molar-refractivity contribution < 1.29 is 7.94 Å². The summed E-state index contributed by atoms with van der Waals surface area (Å²) >= 11 is -5.21. The third-order valence-electron chi connectivity index (χ3n) is 6.34. The van der Waals surface area contributed by atoms with Crippen LogP contribution in [0.4, 0.5) is 5.69 Å². The summed E-state index contributed by atoms with van der Waals surface area (Å²) in [6.45, 7) is 0. The molecule has 0 spiro atoms. The molecule has 5 aromatic carbocycles. The molecule has 35 heavy (non-hydrogen) atoms. The van der Waals surface area contributed by atoms with E-state index in [0.717, 1.165) is 14.0 Å². The molecule has 0 aliphatic rings. The van der Waals surface area contributed by atoms with Crippen molar-refractivity contribution in [3.8, 4) is 5.75 Å². The first-order valence-electron chi connectivity index (χ1n) is 11.3. The van der Waals surface area contributed by atoms with Crippen LogP contribution in [0, 0.1) is 10.1 Å². The second-order valence-corrected chi connectivity index (χ2v) is 20.5. The minimum absolute atomic E-state index is 0.0515. The topological polar surface area (TPSA) is 52.4 Å². The van der Waals surface area contributed by atoms with Crippen LogP contribution in [0.3, 0.4) is 0 Å². The monoisotopic (exact) mass is 567 g/mol. The molecule has 0 saturated heterocycles. The summed E-state index contributed by atoms with van der Waals surface area (Å²) in [5.41, 5.74) is -0.0515. The average molecular weight is 568 g/mol. The van der Waals surface area contributed by atoms with E-state index in [0.29, 0.717) is 0 Å². The molecular weight excluding hydrogens is 544 g/mol. The first-order valence-corrected chi connectivity index (χ1v) is 17.5. The Morgan fingerprint density at radius 3 is 1.14 bits per heavy atom. The molecule has 5 heteroatoms. The van der Waals surface area contributed by atoms with Crippen LogP contribution < -0.4 is 17.1 Å². The first kappa shape index (κ1) is 22.9. The van der Waals surface area contributed by atoms with Crippen molar-refractivity contribution in [2.45, 2.75) is 0 Å². The van der Waals surface area contributed by atoms with E-state index in [-0.39, 0.29) is 16.4 Å². The van der Waals surface area contributed by atoms with Gasteiger partial charge >= 0.3 is 207 Å². The Morgan fingerprint density at radius 1 is 0.486 bits per heavy atom. The van der Waals surface area contributed by atoms with Gasteiger partial charge in [0.2, 0.25) is 0 Å². The molecule has 0 atom stereocenters. The molecule has 0 aliphatic heterocycles. The molecule has 0 unspecified atom stereocenters. The molecular formula is C30H24NO3Sb. The summed E-state index contributed by atoms with van der Waals surface area (Å²) in [6, 6.07) is 47.5. The molecule has 0 saturated carbocycles. The molecule has 0 heterocycles. The van der Waals surface area contributed by atoms with E-state index in [9.17, 15) is 10.1 Å². The van der Waals surface area contributed by atoms with E-state index in [4.69, 9.17) is 3.02 Å². The first-order chi connectivity index (χ1) is 17.2. The molecule has 5 rings (SSSR count). The van der Waals surface area contributed by atoms with E-state index in [1.165, 1.54) is 6.07 Å². The summed E-state index contributed by atoms with van der Waals surface area (Å²) in [5, 5.41) is 12.1. The molecule has 172 valence electrons. The van der Waals surface area contributed by atoms with Gasteiger partial charge in [0.15, 0.2) is 0 Å². The van der Waals surface area contributed by atoms with E-state index in [2.05, 4.69) is 48.5 Å². The molecule has 5 aromatic rings. The fourth-order valence-electron chi connectivity index (χ4n) is 4.84. The number of nitrogens with zero attached hydrogens (tertiary/aromatic N) is 1. The van der Waals surface area contributed by atoms with Crippen LogP contribution in [-0.2, 0) is 0 Å². The van der Waals surface area contributed by atoms with Crippen LogP contribution in [-0.4, -0.2) is 22.7 Å². The summed E-state index contributed by atoms with van der Waals surface area (Å²) < 4.78 is 11.5. The van der Waals surface area contributed by atoms with Crippen LogP contribution in [0.15, 0.2) is 146 Å². The Labute approximate surface area is 206 Å². The number of nitro groups is 1. The van der Waals surface area contributed by atoms with Gasteiger partial charge in [-0.05, 0) is 0 Å². The van der Waals surface area contributed by atoms with E-state index in [1.807, 2.05) is 72.8 Å². The molecule has 0 amide bonds. The fourth-order valence-corrected chi connectivity index (χ4v) is 21.2. The normalized spacial score (nSPS) is 12.3. The van der Waals surface area contributed by atoms with Crippen LogP contribution in [0.25, 0.3) is 0 Å². The zero-order chi connectivity index (χ0) is 24.2. The van der Waals surface area contributed by atoms with Crippen LogP contribution in [0.2, 0.25) is 0 Å². The van der Waals surface area contributed by atoms with Crippen LogP contribution in [0.5, 0.6) is 5.75 Å². The maximum absolute atomic E-state index is 12.1. The van der Waals surface area contributed by atoms with Gasteiger partial charge in [0.05, 0.1) is 0 Å². The van der Waals surface area contributed by atoms with E-state index >= 15 is 0 Å². The van der Waals surface area contributed by atoms with Gasteiger partial charge in [-0.2, -0.15) is 0 Å². The standard InChI is InChI=1S/C6H5NO3.4C6H5.Sb/c8-6-4-2-1-3-5(6)7(9)10;4*1-2-4-6-5-3-1;/h1-4,8H;4*1-5H;/q;;;;;+1/p-1. The number of rotatable bonds is 7. The van der Waals surface area contributed by atoms with Gasteiger partial charge in [-0.3, -0.25) is 0 Å². The quantitative estimate of drug-likeness (QED) is 0.165. The Morgan fingerprint density at radius 2 is 0.800 bits per heavy atom. The van der Waals surface area contributed by atoms with Gasteiger partial charge in [0.25, 0.3) is 0 Å². The number of nitro benzene ring substituents is 1. The van der Waals surface area contributed by atoms with Crippen molar-refractivity contribution in [1.29, 1.82) is 0 Å². The van der Waals surface area contributed by atoms with Crippen molar-refractivity contribution in [2.24, 2.45) is 0 Å². The van der Waals surface area contributed by atoms with Crippen LogP contribution in [0.1, 0.15) is 0 Å². The number of benzene rings is 5. The third-order valence-corrected chi connectivity index (χ3v) is 22.6. The Bertz CT molecular complexity index is 1270. The third kappa shape index (κ3) is 3.62. The second-order valence-electron chi connectivity index (χ2n) is 8.19. The zero-order valence-corrected chi connectivity index (χ0v) is 21.5. The SMILES string of the molecule is O=[N+]([O-])c1ccccc1[O][Sb]([c]1ccccc1)([c]1ccccc1)([c]1ccccc1)[c]1ccccc1. The molecule has 0 fully saturated rings. The van der Waals surface area contributed by atoms with Gasteiger partial charge in [0.1, 0.15) is 0 Å². The van der Waals surface area contributed by atoms with Gasteiger partial charge in [-0.15, -0.1) is 0 Å². The molecule has 0 aromatic heterocycles. The van der Waals surface area contributed by atoms with Crippen LogP contribution >= 0.6 is 0 Å². The number of hydrogen-bond acceptors (Lipinski definition) is 3. The number of hydrogen-bond donors (Lipinski definition) is 0. The van der Waals surface area contributed by atoms with Crippen molar-refractivity contribution in [3.05, 3.63) is 156 Å². The summed E-state index contributed by atoms with van der Waals surface area (Å²) in [7, 11) is 0. The van der Waals surface area contributed by atoms with Crippen molar-refractivity contribution in [2.75, 3.05) is 0 Å². The summed E-state index contributed by atoms with van der Waals surface area (Å²) in [5.74, 6) is 0.264. The van der Waals surface area contributed by atoms with Crippen molar-refractivity contribution in [3.63, 3.8) is 0 Å². The average Bonchev–Trinajstić information content (AvgIpc) is 2.94. The molecule has 0 aliphatic carbocycles. The van der Waals surface area contributed by atoms with Crippen molar-refractivity contribution >= 4 is 37.5 Å². The van der Waals surface area contributed by atoms with E-state index in [1.54, 1.807) is 18.2 Å². The second kappa shape index (κ2) is 9.40. The van der Waals surface area contributed by atoms with Gasteiger partial charge in [0, 0.05) is 0 Å². The van der Waals surface area contributed by atoms with Gasteiger partial charge < -0.3 is 0 Å². The Balaban J connectivity index is 2.04. The van der Waals surface area contributed by atoms with Gasteiger partial charge in [-0.25, -0.2) is 0 Å². The molecule has 4 nitrogen and oxygen atoms in total. The molecule has 0 N–H and O–H groups in total. The fraction of sp³-hybridized carbons (Fsp3) is 0. The number of para-hydroxylation sites is 2. The Kier molecular flexibility index (Phi) is 6.15. The predicted molar refractivity (Wildman–Crippen MR) is 144 cm³/mol. The van der Waals surface area contributed by atoms with Gasteiger partial charge in [-0.1, -0.05) is 0 Å². The molecule has 0 radical (unpaired) electrons. The summed E-state index contributed by atoms with van der Waals surface area (Å²) in [4.78, 5) is 11.7.